The first kappa shape index (κ1) is 17.2. The van der Waals surface area contributed by atoms with Gasteiger partial charge in [-0.15, -0.1) is 0 Å². The van der Waals surface area contributed by atoms with E-state index in [1.165, 1.54) is 24.3 Å². The molecule has 3 rings (SSSR count). The van der Waals surface area contributed by atoms with Crippen LogP contribution in [-0.4, -0.2) is 5.91 Å². The molecule has 0 fully saturated rings. The summed E-state index contributed by atoms with van der Waals surface area (Å²) in [6.45, 7) is 2.00. The Balaban J connectivity index is 1.80. The fraction of sp³-hybridized carbons (Fsp3) is 0.0476. The van der Waals surface area contributed by atoms with Gasteiger partial charge >= 0.3 is 0 Å². The number of halogens is 1. The molecule has 3 aromatic rings. The monoisotopic (exact) mass is 346 g/mol. The van der Waals surface area contributed by atoms with Crippen LogP contribution in [0.2, 0.25) is 0 Å². The molecule has 5 heteroatoms. The molecule has 2 aromatic carbocycles. The fourth-order valence-electron chi connectivity index (χ4n) is 2.36. The normalized spacial score (nSPS) is 11.0. The highest BCUT2D eigenvalue weighted by atomic mass is 19.1. The molecular formula is C21H15FN2O2. The van der Waals surface area contributed by atoms with E-state index in [1.807, 2.05) is 37.3 Å². The van der Waals surface area contributed by atoms with Gasteiger partial charge in [-0.1, -0.05) is 35.9 Å². The van der Waals surface area contributed by atoms with Gasteiger partial charge in [0, 0.05) is 17.3 Å². The van der Waals surface area contributed by atoms with E-state index in [-0.39, 0.29) is 11.3 Å². The van der Waals surface area contributed by atoms with Gasteiger partial charge in [0.2, 0.25) is 0 Å². The summed E-state index contributed by atoms with van der Waals surface area (Å²) < 4.78 is 18.9. The van der Waals surface area contributed by atoms with E-state index in [9.17, 15) is 14.4 Å². The summed E-state index contributed by atoms with van der Waals surface area (Å²) in [7, 11) is 0. The fourth-order valence-corrected chi connectivity index (χ4v) is 2.36. The Bertz CT molecular complexity index is 1010. The van der Waals surface area contributed by atoms with Crippen LogP contribution in [-0.2, 0) is 4.79 Å². The van der Waals surface area contributed by atoms with Crippen LogP contribution in [0, 0.1) is 24.1 Å². The summed E-state index contributed by atoms with van der Waals surface area (Å²) in [6, 6.07) is 18.6. The van der Waals surface area contributed by atoms with Crippen molar-refractivity contribution in [3.05, 3.63) is 83.4 Å². The van der Waals surface area contributed by atoms with Gasteiger partial charge in [-0.05, 0) is 37.3 Å². The van der Waals surface area contributed by atoms with E-state index in [0.717, 1.165) is 11.1 Å². The van der Waals surface area contributed by atoms with Crippen LogP contribution in [0.25, 0.3) is 17.4 Å². The average molecular weight is 346 g/mol. The number of nitrogens with zero attached hydrogens (tertiary/aromatic N) is 1. The third kappa shape index (κ3) is 4.05. The standard InChI is InChI=1S/C21H15FN2O2/c1-14-5-7-15(8-6-14)20-10-9-19(26-20)11-16(13-23)21(25)24-18-4-2-3-17(22)12-18/h2-12H,1H3,(H,24,25)/b16-11+. The van der Waals surface area contributed by atoms with Gasteiger partial charge in [0.1, 0.15) is 29.0 Å². The van der Waals surface area contributed by atoms with Gasteiger partial charge in [0.15, 0.2) is 0 Å². The lowest BCUT2D eigenvalue weighted by molar-refractivity contribution is -0.112. The molecule has 0 aliphatic heterocycles. The van der Waals surface area contributed by atoms with Crippen LogP contribution < -0.4 is 5.32 Å². The van der Waals surface area contributed by atoms with Crippen molar-refractivity contribution in [2.45, 2.75) is 6.92 Å². The number of carbonyl (C=O) groups excluding carboxylic acids is 1. The lowest BCUT2D eigenvalue weighted by Crippen LogP contribution is -2.13. The van der Waals surface area contributed by atoms with Crippen LogP contribution in [0.15, 0.2) is 70.7 Å². The summed E-state index contributed by atoms with van der Waals surface area (Å²) in [5, 5.41) is 11.7. The molecular weight excluding hydrogens is 331 g/mol. The van der Waals surface area contributed by atoms with Crippen LogP contribution in [0.1, 0.15) is 11.3 Å². The summed E-state index contributed by atoms with van der Waals surface area (Å²) in [5.41, 5.74) is 2.18. The molecule has 0 saturated carbocycles. The zero-order valence-corrected chi connectivity index (χ0v) is 14.0. The number of nitriles is 1. The van der Waals surface area contributed by atoms with E-state index >= 15 is 0 Å². The molecule has 0 saturated heterocycles. The first-order chi connectivity index (χ1) is 12.5. The topological polar surface area (TPSA) is 66.0 Å². The maximum atomic E-state index is 13.2. The van der Waals surface area contributed by atoms with Crippen molar-refractivity contribution in [3.8, 4) is 17.4 Å². The summed E-state index contributed by atoms with van der Waals surface area (Å²) in [5.74, 6) is -0.0870. The second-order valence-electron chi connectivity index (χ2n) is 5.70. The van der Waals surface area contributed by atoms with Gasteiger partial charge in [-0.25, -0.2) is 4.39 Å². The molecule has 0 atom stereocenters. The Hall–Kier alpha value is -3.65. The van der Waals surface area contributed by atoms with E-state index in [0.29, 0.717) is 11.5 Å². The molecule has 4 nitrogen and oxygen atoms in total. The van der Waals surface area contributed by atoms with Crippen molar-refractivity contribution < 1.29 is 13.6 Å². The van der Waals surface area contributed by atoms with Crippen LogP contribution in [0.5, 0.6) is 0 Å². The van der Waals surface area contributed by atoms with Crippen LogP contribution >= 0.6 is 0 Å². The number of benzene rings is 2. The minimum atomic E-state index is -0.633. The number of furan rings is 1. The Morgan fingerprint density at radius 2 is 1.92 bits per heavy atom. The van der Waals surface area contributed by atoms with Gasteiger partial charge in [0.25, 0.3) is 5.91 Å². The van der Waals surface area contributed by atoms with E-state index in [4.69, 9.17) is 4.42 Å². The van der Waals surface area contributed by atoms with Crippen molar-refractivity contribution >= 4 is 17.7 Å². The summed E-state index contributed by atoms with van der Waals surface area (Å²) in [6.07, 6.45) is 1.35. The SMILES string of the molecule is Cc1ccc(-c2ccc(/C=C(\C#N)C(=O)Nc3cccc(F)c3)o2)cc1. The highest BCUT2D eigenvalue weighted by molar-refractivity contribution is 6.09. The van der Waals surface area contributed by atoms with Crippen LogP contribution in [0.3, 0.4) is 0 Å². The van der Waals surface area contributed by atoms with Crippen LogP contribution in [0.4, 0.5) is 10.1 Å². The van der Waals surface area contributed by atoms with E-state index in [1.54, 1.807) is 18.2 Å². The minimum absolute atomic E-state index is 0.140. The Labute approximate surface area is 150 Å². The quantitative estimate of drug-likeness (QED) is 0.537. The molecule has 0 radical (unpaired) electrons. The first-order valence-electron chi connectivity index (χ1n) is 7.91. The third-order valence-electron chi connectivity index (χ3n) is 3.70. The average Bonchev–Trinajstić information content (AvgIpc) is 3.09. The first-order valence-corrected chi connectivity index (χ1v) is 7.91. The van der Waals surface area contributed by atoms with Crippen molar-refractivity contribution in [2.24, 2.45) is 0 Å². The summed E-state index contributed by atoms with van der Waals surface area (Å²) in [4.78, 5) is 12.2. The maximum absolute atomic E-state index is 13.2. The number of aryl methyl sites for hydroxylation is 1. The molecule has 0 bridgehead atoms. The van der Waals surface area contributed by atoms with Crippen molar-refractivity contribution in [1.29, 1.82) is 5.26 Å². The molecule has 128 valence electrons. The number of carbonyl (C=O) groups is 1. The van der Waals surface area contributed by atoms with E-state index < -0.39 is 11.7 Å². The van der Waals surface area contributed by atoms with Gasteiger partial charge in [0.05, 0.1) is 0 Å². The number of rotatable bonds is 4. The van der Waals surface area contributed by atoms with Crippen molar-refractivity contribution in [2.75, 3.05) is 5.32 Å². The predicted octanol–water partition coefficient (Wildman–Crippen LogP) is 4.94. The molecule has 0 aliphatic carbocycles. The van der Waals surface area contributed by atoms with Gasteiger partial charge < -0.3 is 9.73 Å². The van der Waals surface area contributed by atoms with Crippen molar-refractivity contribution in [3.63, 3.8) is 0 Å². The Morgan fingerprint density at radius 1 is 1.15 bits per heavy atom. The highest BCUT2D eigenvalue weighted by Gasteiger charge is 2.12. The van der Waals surface area contributed by atoms with Gasteiger partial charge in [-0.3, -0.25) is 4.79 Å². The van der Waals surface area contributed by atoms with Gasteiger partial charge in [-0.2, -0.15) is 5.26 Å². The molecule has 1 N–H and O–H groups in total. The summed E-state index contributed by atoms with van der Waals surface area (Å²) >= 11 is 0. The Morgan fingerprint density at radius 3 is 2.62 bits per heavy atom. The molecule has 1 amide bonds. The molecule has 0 unspecified atom stereocenters. The maximum Gasteiger partial charge on any atom is 0.266 e. The van der Waals surface area contributed by atoms with Crippen molar-refractivity contribution in [1.82, 2.24) is 0 Å². The minimum Gasteiger partial charge on any atom is -0.457 e. The zero-order valence-electron chi connectivity index (χ0n) is 14.0. The van der Waals surface area contributed by atoms with E-state index in [2.05, 4.69) is 5.32 Å². The number of hydrogen-bond donors (Lipinski definition) is 1. The highest BCUT2D eigenvalue weighted by Crippen LogP contribution is 2.24. The molecule has 0 spiro atoms. The lowest BCUT2D eigenvalue weighted by atomic mass is 10.1. The predicted molar refractivity (Wildman–Crippen MR) is 97.5 cm³/mol. The smallest absolute Gasteiger partial charge is 0.266 e. The number of anilines is 1. The number of nitrogens with one attached hydrogen (secondary N) is 1. The molecule has 1 heterocycles. The number of hydrogen-bond acceptors (Lipinski definition) is 3. The Kier molecular flexibility index (Phi) is 4.95. The zero-order chi connectivity index (χ0) is 18.5. The molecule has 1 aromatic heterocycles. The lowest BCUT2D eigenvalue weighted by Gasteiger charge is -2.03. The number of amides is 1. The third-order valence-corrected chi connectivity index (χ3v) is 3.70. The second-order valence-corrected chi connectivity index (χ2v) is 5.70. The molecule has 0 aliphatic rings. The second kappa shape index (κ2) is 7.49. The molecule has 26 heavy (non-hydrogen) atoms. The largest absolute Gasteiger partial charge is 0.457 e.